The first-order valence-electron chi connectivity index (χ1n) is 20.7. The average molecular weight is 791 g/mol. The molecule has 12 aromatic rings. The van der Waals surface area contributed by atoms with E-state index in [4.69, 9.17) is 0 Å². The number of nitrogens with zero attached hydrogens (tertiary/aromatic N) is 6. The molecule has 12 rings (SSSR count). The van der Waals surface area contributed by atoms with Gasteiger partial charge in [-0.3, -0.25) is 0 Å². The number of hydrogen-bond acceptors (Lipinski definition) is 2. The molecule has 4 heterocycles. The zero-order valence-electron chi connectivity index (χ0n) is 33.3. The monoisotopic (exact) mass is 790 g/mol. The van der Waals surface area contributed by atoms with Gasteiger partial charge in [0.2, 0.25) is 0 Å². The first-order chi connectivity index (χ1) is 30.8. The molecular formula is C56H34N6. The van der Waals surface area contributed by atoms with E-state index in [-0.39, 0.29) is 0 Å². The predicted molar refractivity (Wildman–Crippen MR) is 257 cm³/mol. The molecule has 0 saturated carbocycles. The number of aromatic nitrogens is 4. The van der Waals surface area contributed by atoms with Gasteiger partial charge in [0.1, 0.15) is 0 Å². The van der Waals surface area contributed by atoms with E-state index in [2.05, 4.69) is 225 Å². The molecule has 0 radical (unpaired) electrons. The van der Waals surface area contributed by atoms with E-state index in [1.165, 1.54) is 0 Å². The molecule has 0 saturated heterocycles. The van der Waals surface area contributed by atoms with E-state index in [1.807, 2.05) is 0 Å². The van der Waals surface area contributed by atoms with Crippen molar-refractivity contribution < 1.29 is 0 Å². The highest BCUT2D eigenvalue weighted by atomic mass is 15.2. The second kappa shape index (κ2) is 13.9. The summed E-state index contributed by atoms with van der Waals surface area (Å²) in [5, 5.41) is 30.9. The van der Waals surface area contributed by atoms with Crippen LogP contribution in [0.5, 0.6) is 0 Å². The molecule has 0 unspecified atom stereocenters. The van der Waals surface area contributed by atoms with Crippen LogP contribution in [-0.2, 0) is 0 Å². The van der Waals surface area contributed by atoms with Crippen LogP contribution in [0.25, 0.3) is 110 Å². The quantitative estimate of drug-likeness (QED) is 0.124. The number of benzene rings is 8. The van der Waals surface area contributed by atoms with Gasteiger partial charge >= 0.3 is 0 Å². The van der Waals surface area contributed by atoms with Gasteiger partial charge in [0.15, 0.2) is 0 Å². The Hall–Kier alpha value is -8.84. The highest BCUT2D eigenvalue weighted by Gasteiger charge is 2.30. The van der Waals surface area contributed by atoms with E-state index < -0.39 is 0 Å². The minimum atomic E-state index is 0.651. The summed E-state index contributed by atoms with van der Waals surface area (Å²) in [6.45, 7) is 0. The third-order valence-electron chi connectivity index (χ3n) is 12.4. The minimum Gasteiger partial charge on any atom is -0.306 e. The summed E-state index contributed by atoms with van der Waals surface area (Å²) in [6, 6.07) is 72.5. The van der Waals surface area contributed by atoms with E-state index >= 15 is 0 Å². The van der Waals surface area contributed by atoms with Crippen molar-refractivity contribution in [2.24, 2.45) is 0 Å². The number of para-hydroxylation sites is 8. The third kappa shape index (κ3) is 4.96. The van der Waals surface area contributed by atoms with Crippen LogP contribution < -0.4 is 0 Å². The number of hydrogen-bond donors (Lipinski definition) is 0. The summed E-state index contributed by atoms with van der Waals surface area (Å²) in [5.74, 6) is 0. The smallest absolute Gasteiger partial charge is 0.0976 e. The lowest BCUT2D eigenvalue weighted by Gasteiger charge is -2.27. The zero-order valence-corrected chi connectivity index (χ0v) is 33.3. The van der Waals surface area contributed by atoms with Crippen molar-refractivity contribution >= 4 is 110 Å². The van der Waals surface area contributed by atoms with E-state index in [0.29, 0.717) is 11.4 Å². The highest BCUT2D eigenvalue weighted by Crippen LogP contribution is 2.47. The predicted octanol–water partition coefficient (Wildman–Crippen LogP) is 14.1. The molecule has 0 aliphatic heterocycles. The summed E-state index contributed by atoms with van der Waals surface area (Å²) in [5.41, 5.74) is 10.4. The molecular weight excluding hydrogens is 757 g/mol. The molecule has 0 atom stereocenters. The molecule has 0 fully saturated rings. The van der Waals surface area contributed by atoms with Crippen molar-refractivity contribution in [3.63, 3.8) is 0 Å². The molecule has 0 amide bonds. The van der Waals surface area contributed by atoms with Gasteiger partial charge in [0, 0.05) is 55.2 Å². The first kappa shape index (κ1) is 35.1. The van der Waals surface area contributed by atoms with Gasteiger partial charge in [-0.25, -0.2) is 0 Å². The fraction of sp³-hybridized carbons (Fsp3) is 0. The first-order valence-corrected chi connectivity index (χ1v) is 20.7. The summed E-state index contributed by atoms with van der Waals surface area (Å²) in [6.07, 6.45) is 3.36. The fourth-order valence-corrected chi connectivity index (χ4v) is 9.97. The van der Waals surface area contributed by atoms with Crippen molar-refractivity contribution in [2.45, 2.75) is 0 Å². The maximum atomic E-state index is 11.2. The molecule has 8 aromatic carbocycles. The standard InChI is InChI=1S/C56H34N6/c57-35-33-53(59-45-25-9-1-17-37(45)38-18-2-10-26-46(38)59)55(61-49-29-13-5-21-41(49)42-22-6-14-30-50(42)61)56(62-51-31-15-7-23-43(51)44-24-8-16-32-52(44)62)54(34-36-58)60-47-27-11-3-19-39(47)40-20-4-12-28-48(40)60/h1-34H/b53-33-,54-34-,56-55-. The molecule has 62 heavy (non-hydrogen) atoms. The Morgan fingerprint density at radius 1 is 0.274 bits per heavy atom. The largest absolute Gasteiger partial charge is 0.306 e. The van der Waals surface area contributed by atoms with Crippen LogP contribution in [0.2, 0.25) is 0 Å². The maximum absolute atomic E-state index is 11.2. The van der Waals surface area contributed by atoms with E-state index in [0.717, 1.165) is 98.6 Å². The number of fused-ring (bicyclic) bond motifs is 12. The second-order valence-corrected chi connectivity index (χ2v) is 15.5. The lowest BCUT2D eigenvalue weighted by atomic mass is 10.1. The lowest BCUT2D eigenvalue weighted by molar-refractivity contribution is 1.11. The van der Waals surface area contributed by atoms with Crippen LogP contribution in [0.1, 0.15) is 0 Å². The molecule has 0 bridgehead atoms. The number of allylic oxidation sites excluding steroid dienone is 6. The van der Waals surface area contributed by atoms with Crippen molar-refractivity contribution in [3.8, 4) is 12.1 Å². The van der Waals surface area contributed by atoms with Crippen LogP contribution >= 0.6 is 0 Å². The molecule has 0 aliphatic carbocycles. The van der Waals surface area contributed by atoms with Crippen molar-refractivity contribution in [2.75, 3.05) is 0 Å². The Kier molecular flexibility index (Phi) is 7.87. The van der Waals surface area contributed by atoms with Crippen LogP contribution in [0.3, 0.4) is 0 Å². The molecule has 4 aromatic heterocycles. The molecule has 0 spiro atoms. The molecule has 0 N–H and O–H groups in total. The normalized spacial score (nSPS) is 12.9. The molecule has 288 valence electrons. The van der Waals surface area contributed by atoms with Gasteiger partial charge in [0.05, 0.1) is 79.1 Å². The minimum absolute atomic E-state index is 0.651. The fourth-order valence-electron chi connectivity index (χ4n) is 9.97. The molecule has 6 heteroatoms. The van der Waals surface area contributed by atoms with E-state index in [9.17, 15) is 10.5 Å². The van der Waals surface area contributed by atoms with Gasteiger partial charge in [-0.15, -0.1) is 0 Å². The third-order valence-corrected chi connectivity index (χ3v) is 12.4. The molecule has 6 nitrogen and oxygen atoms in total. The zero-order chi connectivity index (χ0) is 41.3. The van der Waals surface area contributed by atoms with Crippen molar-refractivity contribution in [1.29, 1.82) is 10.5 Å². The second-order valence-electron chi connectivity index (χ2n) is 15.5. The Labute approximate surface area is 355 Å². The van der Waals surface area contributed by atoms with Gasteiger partial charge in [0.25, 0.3) is 0 Å². The summed E-state index contributed by atoms with van der Waals surface area (Å²) in [4.78, 5) is 0. The van der Waals surface area contributed by atoms with Crippen LogP contribution in [0.15, 0.2) is 206 Å². The lowest BCUT2D eigenvalue weighted by Crippen LogP contribution is -2.15. The van der Waals surface area contributed by atoms with Gasteiger partial charge in [-0.05, 0) is 48.5 Å². The van der Waals surface area contributed by atoms with Gasteiger partial charge < -0.3 is 18.3 Å². The van der Waals surface area contributed by atoms with Gasteiger partial charge in [-0.2, -0.15) is 10.5 Å². The van der Waals surface area contributed by atoms with Crippen molar-refractivity contribution in [1.82, 2.24) is 18.3 Å². The Balaban J connectivity index is 1.41. The Morgan fingerprint density at radius 2 is 0.452 bits per heavy atom. The maximum Gasteiger partial charge on any atom is 0.0976 e. The summed E-state index contributed by atoms with van der Waals surface area (Å²) < 4.78 is 9.09. The summed E-state index contributed by atoms with van der Waals surface area (Å²) >= 11 is 0. The van der Waals surface area contributed by atoms with Crippen LogP contribution in [0, 0.1) is 22.7 Å². The molecule has 0 aliphatic rings. The topological polar surface area (TPSA) is 67.3 Å². The van der Waals surface area contributed by atoms with E-state index in [1.54, 1.807) is 12.2 Å². The Bertz CT molecular complexity index is 3540. The van der Waals surface area contributed by atoms with Crippen molar-refractivity contribution in [3.05, 3.63) is 206 Å². The number of rotatable bonds is 6. The van der Waals surface area contributed by atoms with Gasteiger partial charge in [-0.1, -0.05) is 146 Å². The van der Waals surface area contributed by atoms with Crippen LogP contribution in [-0.4, -0.2) is 18.3 Å². The average Bonchev–Trinajstić information content (AvgIpc) is 4.05. The number of nitriles is 2. The SMILES string of the molecule is N#C/C=C(/C(=C(\C(=C\C#N)n1c2ccccc2c2ccccc21)n1c2ccccc2c2ccccc21)n1c2ccccc2c2ccccc21)n1c2ccccc2c2ccccc21. The Morgan fingerprint density at radius 3 is 0.645 bits per heavy atom. The summed E-state index contributed by atoms with van der Waals surface area (Å²) in [7, 11) is 0. The van der Waals surface area contributed by atoms with Crippen LogP contribution in [0.4, 0.5) is 0 Å². The highest BCUT2D eigenvalue weighted by molar-refractivity contribution is 6.26.